The van der Waals surface area contributed by atoms with E-state index >= 15 is 0 Å². The van der Waals surface area contributed by atoms with Gasteiger partial charge in [-0.2, -0.15) is 4.98 Å². The predicted molar refractivity (Wildman–Crippen MR) is 144 cm³/mol. The van der Waals surface area contributed by atoms with E-state index in [0.717, 1.165) is 40.1 Å². The number of carboxylic acids is 1. The van der Waals surface area contributed by atoms with Gasteiger partial charge in [0.25, 0.3) is 0 Å². The number of nitrogens with two attached hydrogens (primary N) is 1. The first-order valence-electron chi connectivity index (χ1n) is 12.3. The average Bonchev–Trinajstić information content (AvgIpc) is 2.84. The number of carbonyl (C=O) groups is 1. The van der Waals surface area contributed by atoms with Crippen LogP contribution in [0.2, 0.25) is 0 Å². The number of rotatable bonds is 11. The molecule has 8 heteroatoms. The van der Waals surface area contributed by atoms with Gasteiger partial charge in [0, 0.05) is 22.6 Å². The molecular formula is C28H34N4O3S. The fraction of sp³-hybridized carbons (Fsp3) is 0.393. The Morgan fingerprint density at radius 2 is 1.89 bits per heavy atom. The summed E-state index contributed by atoms with van der Waals surface area (Å²) < 4.78 is 9.22. The number of aromatic nitrogens is 2. The zero-order valence-electron chi connectivity index (χ0n) is 21.1. The topological polar surface area (TPSA) is 110 Å². The van der Waals surface area contributed by atoms with Crippen LogP contribution in [-0.2, 0) is 0 Å². The molecule has 7 nitrogen and oxygen atoms in total. The lowest BCUT2D eigenvalue weighted by atomic mass is 9.67. The number of hydrogen-bond acceptors (Lipinski definition) is 7. The Kier molecular flexibility index (Phi) is 8.16. The lowest BCUT2D eigenvalue weighted by Crippen LogP contribution is -2.32. The van der Waals surface area contributed by atoms with Gasteiger partial charge in [-0.1, -0.05) is 37.6 Å². The molecule has 1 atom stereocenters. The van der Waals surface area contributed by atoms with Gasteiger partial charge in [0.15, 0.2) is 0 Å². The molecule has 1 saturated carbocycles. The van der Waals surface area contributed by atoms with Gasteiger partial charge in [0.1, 0.15) is 6.61 Å². The minimum atomic E-state index is -0.968. The minimum Gasteiger partial charge on any atom is -0.478 e. The molecule has 190 valence electrons. The molecule has 1 aliphatic carbocycles. The van der Waals surface area contributed by atoms with Crippen molar-refractivity contribution in [2.24, 2.45) is 11.1 Å². The summed E-state index contributed by atoms with van der Waals surface area (Å²) in [4.78, 5) is 21.3. The molecule has 0 amide bonds. The summed E-state index contributed by atoms with van der Waals surface area (Å²) in [5.74, 6) is -0.133. The Hall–Kier alpha value is -3.10. The summed E-state index contributed by atoms with van der Waals surface area (Å²) in [5.41, 5.74) is 11.1. The fourth-order valence-electron chi connectivity index (χ4n) is 4.53. The molecule has 36 heavy (non-hydrogen) atoms. The molecule has 1 aliphatic rings. The van der Waals surface area contributed by atoms with E-state index in [9.17, 15) is 9.90 Å². The number of aryl methyl sites for hydroxylation is 2. The second kappa shape index (κ2) is 11.3. The first-order chi connectivity index (χ1) is 17.2. The number of ether oxygens (including phenoxy) is 1. The van der Waals surface area contributed by atoms with E-state index in [1.54, 1.807) is 18.2 Å². The molecule has 1 aromatic heterocycles. The van der Waals surface area contributed by atoms with Crippen molar-refractivity contribution in [1.82, 2.24) is 9.97 Å². The van der Waals surface area contributed by atoms with Crippen LogP contribution in [0.1, 0.15) is 60.5 Å². The van der Waals surface area contributed by atoms with Crippen molar-refractivity contribution in [2.75, 3.05) is 11.3 Å². The number of benzene rings is 2. The van der Waals surface area contributed by atoms with E-state index in [2.05, 4.69) is 42.6 Å². The number of anilines is 1. The Morgan fingerprint density at radius 3 is 2.56 bits per heavy atom. The van der Waals surface area contributed by atoms with Gasteiger partial charge in [-0.05, 0) is 86.2 Å². The Balaban J connectivity index is 1.52. The minimum absolute atomic E-state index is 0.0643. The normalized spacial score (nSPS) is 15.1. The van der Waals surface area contributed by atoms with Crippen LogP contribution in [0.3, 0.4) is 0 Å². The molecular weight excluding hydrogens is 472 g/mol. The van der Waals surface area contributed by atoms with Gasteiger partial charge in [-0.15, -0.1) is 0 Å². The highest BCUT2D eigenvalue weighted by molar-refractivity contribution is 8.00. The maximum absolute atomic E-state index is 11.3. The van der Waals surface area contributed by atoms with Gasteiger partial charge >= 0.3 is 5.97 Å². The van der Waals surface area contributed by atoms with E-state index < -0.39 is 5.97 Å². The molecule has 4 N–H and O–H groups in total. The van der Waals surface area contributed by atoms with Gasteiger partial charge in [0.2, 0.25) is 11.8 Å². The molecule has 0 aliphatic heterocycles. The number of nitrogens with zero attached hydrogens (tertiary/aromatic N) is 2. The van der Waals surface area contributed by atoms with E-state index in [1.165, 1.54) is 31.2 Å². The van der Waals surface area contributed by atoms with Gasteiger partial charge in [-0.3, -0.25) is 4.72 Å². The highest BCUT2D eigenvalue weighted by Crippen LogP contribution is 2.44. The first kappa shape index (κ1) is 26.0. The number of nitrogens with one attached hydrogen (secondary N) is 1. The predicted octanol–water partition coefficient (Wildman–Crippen LogP) is 6.25. The third-order valence-corrected chi connectivity index (χ3v) is 7.68. The van der Waals surface area contributed by atoms with Crippen LogP contribution in [0.4, 0.5) is 5.95 Å². The van der Waals surface area contributed by atoms with Crippen LogP contribution in [-0.4, -0.2) is 33.7 Å². The average molecular weight is 507 g/mol. The molecule has 1 unspecified atom stereocenters. The SMILES string of the molecule is Cc1cccc(C)c1-c1cc(OCC(N)CCC2(C)CCC2)nc(NSc2cccc(C(=O)O)c2)n1. The smallest absolute Gasteiger partial charge is 0.335 e. The van der Waals surface area contributed by atoms with Crippen molar-refractivity contribution in [3.05, 3.63) is 65.2 Å². The quantitative estimate of drug-likeness (QED) is 0.262. The van der Waals surface area contributed by atoms with Crippen LogP contribution in [0.15, 0.2) is 53.4 Å². The molecule has 4 rings (SSSR count). The van der Waals surface area contributed by atoms with Crippen LogP contribution < -0.4 is 15.2 Å². The standard InChI is InChI=1S/C28H34N4O3S/c1-18-7-4-8-19(2)25(18)23-16-24(35-17-21(29)11-14-28(3)12-6-13-28)31-27(30-23)32-36-22-10-5-9-20(15-22)26(33)34/h4-5,7-10,15-16,21H,6,11-14,17,29H2,1-3H3,(H,33,34)(H,30,31,32). The zero-order chi connectivity index (χ0) is 25.7. The fourth-order valence-corrected chi connectivity index (χ4v) is 5.16. The number of aromatic carboxylic acids is 1. The lowest BCUT2D eigenvalue weighted by Gasteiger charge is -2.39. The van der Waals surface area contributed by atoms with Crippen molar-refractivity contribution in [2.45, 2.75) is 63.8 Å². The Labute approximate surface area is 217 Å². The van der Waals surface area contributed by atoms with Crippen LogP contribution in [0.5, 0.6) is 5.88 Å². The molecule has 0 saturated heterocycles. The maximum Gasteiger partial charge on any atom is 0.335 e. The summed E-state index contributed by atoms with van der Waals surface area (Å²) in [5, 5.41) is 9.27. The molecule has 1 heterocycles. The Bertz CT molecular complexity index is 1210. The number of carboxylic acid groups (broad SMARTS) is 1. The van der Waals surface area contributed by atoms with Crippen molar-refractivity contribution < 1.29 is 14.6 Å². The van der Waals surface area contributed by atoms with Crippen molar-refractivity contribution in [3.8, 4) is 17.1 Å². The van der Waals surface area contributed by atoms with Crippen molar-refractivity contribution in [3.63, 3.8) is 0 Å². The number of hydrogen-bond donors (Lipinski definition) is 3. The van der Waals surface area contributed by atoms with E-state index in [-0.39, 0.29) is 11.6 Å². The van der Waals surface area contributed by atoms with Crippen LogP contribution >= 0.6 is 11.9 Å². The monoisotopic (exact) mass is 506 g/mol. The van der Waals surface area contributed by atoms with E-state index in [4.69, 9.17) is 15.5 Å². The second-order valence-electron chi connectivity index (χ2n) is 9.99. The second-order valence-corrected chi connectivity index (χ2v) is 10.9. The summed E-state index contributed by atoms with van der Waals surface area (Å²) >= 11 is 1.25. The van der Waals surface area contributed by atoms with Crippen LogP contribution in [0.25, 0.3) is 11.3 Å². The van der Waals surface area contributed by atoms with Gasteiger partial charge in [-0.25, -0.2) is 9.78 Å². The molecule has 2 aromatic carbocycles. The molecule has 0 radical (unpaired) electrons. The van der Waals surface area contributed by atoms with Gasteiger partial charge < -0.3 is 15.6 Å². The highest BCUT2D eigenvalue weighted by atomic mass is 32.2. The summed E-state index contributed by atoms with van der Waals surface area (Å²) in [6.07, 6.45) is 5.93. The summed E-state index contributed by atoms with van der Waals surface area (Å²) in [7, 11) is 0. The van der Waals surface area contributed by atoms with Crippen molar-refractivity contribution in [1.29, 1.82) is 0 Å². The summed E-state index contributed by atoms with van der Waals surface area (Å²) in [6, 6.07) is 14.6. The highest BCUT2D eigenvalue weighted by Gasteiger charge is 2.31. The molecule has 0 spiro atoms. The third-order valence-electron chi connectivity index (χ3n) is 6.91. The van der Waals surface area contributed by atoms with E-state index in [1.807, 2.05) is 18.2 Å². The Morgan fingerprint density at radius 1 is 1.17 bits per heavy atom. The lowest BCUT2D eigenvalue weighted by molar-refractivity contribution is 0.0696. The molecule has 0 bridgehead atoms. The van der Waals surface area contributed by atoms with Crippen molar-refractivity contribution >= 4 is 23.9 Å². The van der Waals surface area contributed by atoms with E-state index in [0.29, 0.717) is 23.9 Å². The van der Waals surface area contributed by atoms with Gasteiger partial charge in [0.05, 0.1) is 11.3 Å². The largest absolute Gasteiger partial charge is 0.478 e. The molecule has 1 fully saturated rings. The first-order valence-corrected chi connectivity index (χ1v) is 13.1. The maximum atomic E-state index is 11.3. The molecule has 3 aromatic rings. The van der Waals surface area contributed by atoms with Crippen LogP contribution in [0, 0.1) is 19.3 Å². The zero-order valence-corrected chi connectivity index (χ0v) is 21.9. The summed E-state index contributed by atoms with van der Waals surface area (Å²) in [6.45, 7) is 6.84. The third kappa shape index (κ3) is 6.56.